The molecule has 0 radical (unpaired) electrons. The van der Waals surface area contributed by atoms with Gasteiger partial charge in [0.15, 0.2) is 5.78 Å². The smallest absolute Gasteiger partial charge is 0.201 e. The van der Waals surface area contributed by atoms with Crippen LogP contribution in [-0.2, 0) is 15.3 Å². The van der Waals surface area contributed by atoms with Crippen molar-refractivity contribution < 1.29 is 33.3 Å². The van der Waals surface area contributed by atoms with E-state index >= 15 is 0 Å². The van der Waals surface area contributed by atoms with Crippen molar-refractivity contribution in [1.29, 1.82) is 0 Å². The second kappa shape index (κ2) is 22.2. The molecule has 4 rings (SSSR count). The van der Waals surface area contributed by atoms with E-state index in [-0.39, 0.29) is 52.2 Å². The summed E-state index contributed by atoms with van der Waals surface area (Å²) in [7, 11) is -1.98. The molecule has 7 nitrogen and oxygen atoms in total. The van der Waals surface area contributed by atoms with Gasteiger partial charge in [-0.1, -0.05) is 162 Å². The molecule has 61 heavy (non-hydrogen) atoms. The van der Waals surface area contributed by atoms with Crippen molar-refractivity contribution in [3.8, 4) is 11.5 Å². The fraction of sp³-hybridized carbons (Fsp3) is 0.519. The summed E-state index contributed by atoms with van der Waals surface area (Å²) in [5, 5.41) is 23.8. The average molecular weight is 869 g/mol. The minimum absolute atomic E-state index is 0.140. The number of ether oxygens (including phenoxy) is 2. The monoisotopic (exact) mass is 869 g/mol. The number of ketones is 1. The number of aliphatic hydroxyl groups excluding tert-OH is 2. The Hall–Kier alpha value is -3.58. The molecule has 0 aliphatic heterocycles. The molecule has 0 heterocycles. The van der Waals surface area contributed by atoms with Gasteiger partial charge in [-0.15, -0.1) is 0 Å². The van der Waals surface area contributed by atoms with Gasteiger partial charge >= 0.3 is 0 Å². The molecular weight excluding hydrogens is 793 g/mol. The van der Waals surface area contributed by atoms with Crippen LogP contribution in [0, 0.1) is 11.8 Å². The van der Waals surface area contributed by atoms with Gasteiger partial charge in [0.1, 0.15) is 11.5 Å². The first kappa shape index (κ1) is 50.1. The third-order valence-corrected chi connectivity index (χ3v) is 25.7. The van der Waals surface area contributed by atoms with Crippen molar-refractivity contribution in [2.75, 3.05) is 27.4 Å². The van der Waals surface area contributed by atoms with Crippen molar-refractivity contribution in [3.63, 3.8) is 0 Å². The molecule has 0 fully saturated rings. The van der Waals surface area contributed by atoms with Crippen LogP contribution >= 0.6 is 0 Å². The van der Waals surface area contributed by atoms with Crippen LogP contribution in [0.4, 0.5) is 0 Å². The zero-order chi connectivity index (χ0) is 45.2. The van der Waals surface area contributed by atoms with E-state index in [1.54, 1.807) is 26.4 Å². The van der Waals surface area contributed by atoms with E-state index in [2.05, 4.69) is 113 Å². The molecule has 0 amide bonds. The Morgan fingerprint density at radius 3 is 1.31 bits per heavy atom. The molecule has 9 heteroatoms. The SMILES string of the molecule is COc1cc([C@@H](O[Si](C(C)C)(C(C)C)C(C)C)[C@@H](CO)[C@H](CO)[C@H](O[Si](C(C)C)(C(C)C)C(C)C)c2ccc(C(=O)c3ccccc3)c(OC)c2)ccc1Cc1ccccc1. The molecule has 334 valence electrons. The summed E-state index contributed by atoms with van der Waals surface area (Å²) in [6.07, 6.45) is -0.580. The molecule has 0 saturated carbocycles. The quantitative estimate of drug-likeness (QED) is 0.0566. The Morgan fingerprint density at radius 2 is 0.918 bits per heavy atom. The van der Waals surface area contributed by atoms with Gasteiger partial charge in [0, 0.05) is 37.0 Å². The average Bonchev–Trinajstić information content (AvgIpc) is 3.23. The number of carbonyl (C=O) groups excluding carboxylic acids is 1. The third-order valence-electron chi connectivity index (χ3n) is 13.5. The van der Waals surface area contributed by atoms with Crippen LogP contribution in [0.1, 0.15) is 133 Å². The number of carbonyl (C=O) groups is 1. The van der Waals surface area contributed by atoms with Crippen LogP contribution in [-0.4, -0.2) is 60.1 Å². The molecule has 0 aliphatic rings. The van der Waals surface area contributed by atoms with Crippen LogP contribution in [0.15, 0.2) is 97.1 Å². The highest BCUT2D eigenvalue weighted by atomic mass is 28.4. The zero-order valence-corrected chi connectivity index (χ0v) is 41.6. The Kier molecular flexibility index (Phi) is 18.2. The van der Waals surface area contributed by atoms with Crippen molar-refractivity contribution in [2.24, 2.45) is 11.8 Å². The van der Waals surface area contributed by atoms with Crippen LogP contribution in [0.3, 0.4) is 0 Å². The number of benzene rings is 4. The van der Waals surface area contributed by atoms with E-state index < -0.39 is 40.7 Å². The molecule has 0 aromatic heterocycles. The van der Waals surface area contributed by atoms with Crippen LogP contribution in [0.5, 0.6) is 11.5 Å². The van der Waals surface area contributed by atoms with Gasteiger partial charge in [0.05, 0.1) is 32.0 Å². The number of hydrogen-bond acceptors (Lipinski definition) is 7. The molecule has 2 N–H and O–H groups in total. The van der Waals surface area contributed by atoms with Crippen molar-refractivity contribution in [1.82, 2.24) is 0 Å². The zero-order valence-electron chi connectivity index (χ0n) is 39.6. The number of hydrogen-bond donors (Lipinski definition) is 2. The van der Waals surface area contributed by atoms with Crippen molar-refractivity contribution in [2.45, 2.75) is 135 Å². The molecule has 0 unspecified atom stereocenters. The first-order valence-corrected chi connectivity index (χ1v) is 26.8. The standard InChI is InChI=1S/C52H76O7Si2/c1-34(2)60(35(3)4,36(5)6)58-51(43-26-25-42(48(30-43)56-13)29-40-21-17-15-18-22-40)46(32-53)47(33-54)52(59-61(37(7)8,38(9)10)39(11)12)44-27-28-45(49(31-44)57-14)50(55)41-23-19-16-20-24-41/h15-28,30-31,34-39,46-47,51-54H,29,32-33H2,1-14H3/t46-,47-,51+,52+/m0/s1. The fourth-order valence-corrected chi connectivity index (χ4v) is 21.8. The largest absolute Gasteiger partial charge is 0.496 e. The molecule has 4 aromatic carbocycles. The highest BCUT2D eigenvalue weighted by Gasteiger charge is 2.52. The van der Waals surface area contributed by atoms with Crippen LogP contribution in [0.2, 0.25) is 33.2 Å². The summed E-state index contributed by atoms with van der Waals surface area (Å²) in [6.45, 7) is 26.6. The second-order valence-corrected chi connectivity index (χ2v) is 29.6. The summed E-state index contributed by atoms with van der Waals surface area (Å²) < 4.78 is 27.7. The predicted octanol–water partition coefficient (Wildman–Crippen LogP) is 12.9. The molecule has 4 aromatic rings. The fourth-order valence-electron chi connectivity index (χ4n) is 10.7. The minimum atomic E-state index is -2.65. The highest BCUT2D eigenvalue weighted by molar-refractivity contribution is 6.78. The van der Waals surface area contributed by atoms with Gasteiger partial charge in [0.2, 0.25) is 16.6 Å². The lowest BCUT2D eigenvalue weighted by Gasteiger charge is -2.50. The Bertz CT molecular complexity index is 1920. The maximum Gasteiger partial charge on any atom is 0.201 e. The molecule has 4 atom stereocenters. The van der Waals surface area contributed by atoms with Gasteiger partial charge in [-0.3, -0.25) is 4.79 Å². The maximum atomic E-state index is 13.9. The molecular formula is C52H76O7Si2. The van der Waals surface area contributed by atoms with Gasteiger partial charge in [-0.2, -0.15) is 0 Å². The predicted molar refractivity (Wildman–Crippen MR) is 256 cm³/mol. The summed E-state index contributed by atoms with van der Waals surface area (Å²) in [5.41, 5.74) is 6.41. The van der Waals surface area contributed by atoms with E-state index in [9.17, 15) is 15.0 Å². The van der Waals surface area contributed by atoms with Gasteiger partial charge in [-0.25, -0.2) is 0 Å². The lowest BCUT2D eigenvalue weighted by molar-refractivity contribution is -0.0355. The van der Waals surface area contributed by atoms with Crippen molar-refractivity contribution in [3.05, 3.63) is 130 Å². The van der Waals surface area contributed by atoms with Crippen LogP contribution in [0.25, 0.3) is 0 Å². The summed E-state index contributed by atoms with van der Waals surface area (Å²) in [5.74, 6) is -0.177. The first-order chi connectivity index (χ1) is 28.9. The van der Waals surface area contributed by atoms with Crippen molar-refractivity contribution >= 4 is 22.4 Å². The summed E-state index contributed by atoms with van der Waals surface area (Å²) in [4.78, 5) is 13.9. The van der Waals surface area contributed by atoms with E-state index in [0.717, 1.165) is 22.4 Å². The molecule has 0 aliphatic carbocycles. The molecule has 0 saturated heterocycles. The van der Waals surface area contributed by atoms with Gasteiger partial charge in [-0.05, 0) is 73.7 Å². The van der Waals surface area contributed by atoms with E-state index in [4.69, 9.17) is 18.3 Å². The Morgan fingerprint density at radius 1 is 0.525 bits per heavy atom. The lowest BCUT2D eigenvalue weighted by atomic mass is 9.79. The molecule has 0 bridgehead atoms. The first-order valence-electron chi connectivity index (χ1n) is 22.5. The highest BCUT2D eigenvalue weighted by Crippen LogP contribution is 2.52. The van der Waals surface area contributed by atoms with Gasteiger partial charge in [0.25, 0.3) is 0 Å². The normalized spacial score (nSPS) is 14.6. The Balaban J connectivity index is 2.02. The van der Waals surface area contributed by atoms with Crippen LogP contribution < -0.4 is 9.47 Å². The molecule has 0 spiro atoms. The maximum absolute atomic E-state index is 13.9. The number of aliphatic hydroxyl groups is 2. The topological polar surface area (TPSA) is 94.5 Å². The number of methoxy groups -OCH3 is 2. The lowest BCUT2D eigenvalue weighted by Crippen LogP contribution is -2.52. The summed E-state index contributed by atoms with van der Waals surface area (Å²) >= 11 is 0. The summed E-state index contributed by atoms with van der Waals surface area (Å²) in [6, 6.07) is 31.6. The third kappa shape index (κ3) is 10.8. The Labute approximate surface area is 370 Å². The van der Waals surface area contributed by atoms with E-state index in [1.807, 2.05) is 54.6 Å². The number of rotatable bonds is 23. The minimum Gasteiger partial charge on any atom is -0.496 e. The van der Waals surface area contributed by atoms with E-state index in [0.29, 0.717) is 23.3 Å². The second-order valence-electron chi connectivity index (χ2n) is 18.8. The van der Waals surface area contributed by atoms with E-state index in [1.165, 1.54) is 5.56 Å². The van der Waals surface area contributed by atoms with Gasteiger partial charge < -0.3 is 28.5 Å².